The van der Waals surface area contributed by atoms with Gasteiger partial charge in [0.05, 0.1) is 0 Å². The lowest BCUT2D eigenvalue weighted by Gasteiger charge is -2.35. The number of rotatable bonds is 6. The van der Waals surface area contributed by atoms with Crippen molar-refractivity contribution in [2.75, 3.05) is 26.2 Å². The molecule has 1 atom stereocenters. The van der Waals surface area contributed by atoms with Crippen LogP contribution in [-0.2, 0) is 0 Å². The smallest absolute Gasteiger partial charge is 0.0121 e. The molecule has 2 nitrogen and oxygen atoms in total. The molecule has 1 N–H and O–H groups in total. The van der Waals surface area contributed by atoms with Gasteiger partial charge in [0.15, 0.2) is 0 Å². The van der Waals surface area contributed by atoms with Crippen LogP contribution in [0.4, 0.5) is 0 Å². The van der Waals surface area contributed by atoms with Crippen LogP contribution in [0.1, 0.15) is 46.0 Å². The van der Waals surface area contributed by atoms with Crippen molar-refractivity contribution in [3.63, 3.8) is 0 Å². The van der Waals surface area contributed by atoms with E-state index in [0.717, 1.165) is 17.9 Å². The van der Waals surface area contributed by atoms with Gasteiger partial charge in [-0.15, -0.1) is 0 Å². The Morgan fingerprint density at radius 3 is 2.31 bits per heavy atom. The molecule has 1 saturated carbocycles. The van der Waals surface area contributed by atoms with Gasteiger partial charge in [0.1, 0.15) is 0 Å². The summed E-state index contributed by atoms with van der Waals surface area (Å²) in [6.45, 7) is 9.79. The predicted octanol–water partition coefficient (Wildman–Crippen LogP) is 2.50. The summed E-state index contributed by atoms with van der Waals surface area (Å²) in [5.74, 6) is 1.99. The van der Waals surface area contributed by atoms with Gasteiger partial charge in [0.25, 0.3) is 0 Å². The van der Waals surface area contributed by atoms with Gasteiger partial charge in [0, 0.05) is 12.6 Å². The van der Waals surface area contributed by atoms with Gasteiger partial charge in [-0.3, -0.25) is 0 Å². The van der Waals surface area contributed by atoms with Crippen LogP contribution in [0.15, 0.2) is 0 Å². The lowest BCUT2D eigenvalue weighted by Crippen LogP contribution is -2.42. The van der Waals surface area contributed by atoms with Gasteiger partial charge in [-0.2, -0.15) is 0 Å². The first-order valence-electron chi connectivity index (χ1n) is 7.29. The molecule has 2 heteroatoms. The van der Waals surface area contributed by atoms with Gasteiger partial charge < -0.3 is 10.2 Å². The average molecular weight is 224 g/mol. The van der Waals surface area contributed by atoms with E-state index in [0.29, 0.717) is 0 Å². The molecular formula is C14H28N2. The molecule has 0 aromatic carbocycles. The normalized spacial score (nSPS) is 24.9. The molecule has 1 unspecified atom stereocenters. The van der Waals surface area contributed by atoms with Gasteiger partial charge >= 0.3 is 0 Å². The van der Waals surface area contributed by atoms with Gasteiger partial charge in [0.2, 0.25) is 0 Å². The number of hydrogen-bond donors (Lipinski definition) is 1. The maximum Gasteiger partial charge on any atom is 0.0121 e. The first-order valence-corrected chi connectivity index (χ1v) is 7.29. The highest BCUT2D eigenvalue weighted by molar-refractivity contribution is 4.88. The Labute approximate surface area is 101 Å². The van der Waals surface area contributed by atoms with Crippen LogP contribution in [-0.4, -0.2) is 37.1 Å². The maximum absolute atomic E-state index is 3.47. The number of nitrogens with zero attached hydrogens (tertiary/aromatic N) is 1. The van der Waals surface area contributed by atoms with Crippen LogP contribution in [0.2, 0.25) is 0 Å². The van der Waals surface area contributed by atoms with Crippen molar-refractivity contribution < 1.29 is 0 Å². The Kier molecular flexibility index (Phi) is 4.66. The van der Waals surface area contributed by atoms with Crippen LogP contribution in [0.3, 0.4) is 0 Å². The quantitative estimate of drug-likeness (QED) is 0.746. The van der Waals surface area contributed by atoms with Crippen molar-refractivity contribution in [2.24, 2.45) is 11.8 Å². The molecule has 2 aliphatic rings. The Hall–Kier alpha value is -0.0800. The highest BCUT2D eigenvalue weighted by atomic mass is 15.2. The van der Waals surface area contributed by atoms with Crippen molar-refractivity contribution in [3.05, 3.63) is 0 Å². The first kappa shape index (κ1) is 12.4. The Morgan fingerprint density at radius 1 is 1.12 bits per heavy atom. The molecule has 1 aliphatic heterocycles. The Bertz CT molecular complexity index is 195. The van der Waals surface area contributed by atoms with E-state index in [9.17, 15) is 0 Å². The summed E-state index contributed by atoms with van der Waals surface area (Å²) in [5, 5.41) is 3.47. The minimum absolute atomic E-state index is 0.889. The van der Waals surface area contributed by atoms with Crippen LogP contribution in [0.5, 0.6) is 0 Å². The molecule has 0 spiro atoms. The Morgan fingerprint density at radius 2 is 1.81 bits per heavy atom. The molecule has 0 bridgehead atoms. The van der Waals surface area contributed by atoms with E-state index in [1.165, 1.54) is 58.3 Å². The minimum atomic E-state index is 0.889. The molecule has 0 amide bonds. The lowest BCUT2D eigenvalue weighted by molar-refractivity contribution is 0.140. The molecule has 2 rings (SSSR count). The third-order valence-corrected chi connectivity index (χ3v) is 4.41. The van der Waals surface area contributed by atoms with Crippen molar-refractivity contribution >= 4 is 0 Å². The average Bonchev–Trinajstić information content (AvgIpc) is 3.14. The molecule has 2 fully saturated rings. The summed E-state index contributed by atoms with van der Waals surface area (Å²) in [4.78, 5) is 2.77. The number of nitrogens with one attached hydrogen (secondary N) is 1. The monoisotopic (exact) mass is 224 g/mol. The summed E-state index contributed by atoms with van der Waals surface area (Å²) in [6.07, 6.45) is 7.10. The summed E-state index contributed by atoms with van der Waals surface area (Å²) < 4.78 is 0. The SMILES string of the molecule is CCC(C1CC1)N(CC)CC1CCNCC1. The highest BCUT2D eigenvalue weighted by Gasteiger charge is 2.34. The maximum atomic E-state index is 3.47. The van der Waals surface area contributed by atoms with E-state index in [4.69, 9.17) is 0 Å². The number of hydrogen-bond acceptors (Lipinski definition) is 2. The fourth-order valence-corrected chi connectivity index (χ4v) is 3.27. The summed E-state index contributed by atoms with van der Waals surface area (Å²) >= 11 is 0. The van der Waals surface area contributed by atoms with Gasteiger partial charge in [-0.25, -0.2) is 0 Å². The zero-order valence-electron chi connectivity index (χ0n) is 11.0. The van der Waals surface area contributed by atoms with E-state index in [1.807, 2.05) is 0 Å². The standard InChI is InChI=1S/C14H28N2/c1-3-14(13-5-6-13)16(4-2)11-12-7-9-15-10-8-12/h12-15H,3-11H2,1-2H3. The first-order chi connectivity index (χ1) is 7.85. The molecular weight excluding hydrogens is 196 g/mol. The third-order valence-electron chi connectivity index (χ3n) is 4.41. The molecule has 94 valence electrons. The molecule has 0 radical (unpaired) electrons. The molecule has 1 saturated heterocycles. The van der Waals surface area contributed by atoms with E-state index < -0.39 is 0 Å². The second kappa shape index (κ2) is 6.02. The van der Waals surface area contributed by atoms with Crippen LogP contribution >= 0.6 is 0 Å². The van der Waals surface area contributed by atoms with E-state index >= 15 is 0 Å². The predicted molar refractivity (Wildman–Crippen MR) is 69.6 cm³/mol. The zero-order chi connectivity index (χ0) is 11.4. The largest absolute Gasteiger partial charge is 0.317 e. The Balaban J connectivity index is 1.82. The summed E-state index contributed by atoms with van der Waals surface area (Å²) in [5.41, 5.74) is 0. The van der Waals surface area contributed by atoms with E-state index in [-0.39, 0.29) is 0 Å². The summed E-state index contributed by atoms with van der Waals surface area (Å²) in [7, 11) is 0. The second-order valence-corrected chi connectivity index (χ2v) is 5.59. The van der Waals surface area contributed by atoms with Crippen molar-refractivity contribution in [1.82, 2.24) is 10.2 Å². The molecule has 16 heavy (non-hydrogen) atoms. The van der Waals surface area contributed by atoms with Crippen LogP contribution < -0.4 is 5.32 Å². The van der Waals surface area contributed by atoms with Gasteiger partial charge in [-0.05, 0) is 63.6 Å². The lowest BCUT2D eigenvalue weighted by atomic mass is 9.96. The van der Waals surface area contributed by atoms with E-state index in [1.54, 1.807) is 0 Å². The van der Waals surface area contributed by atoms with Gasteiger partial charge in [-0.1, -0.05) is 13.8 Å². The molecule has 1 heterocycles. The molecule has 1 aliphatic carbocycles. The highest BCUT2D eigenvalue weighted by Crippen LogP contribution is 2.37. The summed E-state index contributed by atoms with van der Waals surface area (Å²) in [6, 6.07) is 0.889. The second-order valence-electron chi connectivity index (χ2n) is 5.59. The van der Waals surface area contributed by atoms with Crippen molar-refractivity contribution in [3.8, 4) is 0 Å². The van der Waals surface area contributed by atoms with Crippen molar-refractivity contribution in [2.45, 2.75) is 52.0 Å². The molecule has 0 aromatic heterocycles. The minimum Gasteiger partial charge on any atom is -0.317 e. The molecule has 0 aromatic rings. The number of piperidine rings is 1. The van der Waals surface area contributed by atoms with Crippen LogP contribution in [0.25, 0.3) is 0 Å². The zero-order valence-corrected chi connectivity index (χ0v) is 11.0. The van der Waals surface area contributed by atoms with Crippen LogP contribution in [0, 0.1) is 11.8 Å². The van der Waals surface area contributed by atoms with E-state index in [2.05, 4.69) is 24.1 Å². The third kappa shape index (κ3) is 3.21. The fourth-order valence-electron chi connectivity index (χ4n) is 3.27. The topological polar surface area (TPSA) is 15.3 Å². The fraction of sp³-hybridized carbons (Fsp3) is 1.00. The van der Waals surface area contributed by atoms with Crippen molar-refractivity contribution in [1.29, 1.82) is 0 Å².